The molecule has 20 heavy (non-hydrogen) atoms. The van der Waals surface area contributed by atoms with Crippen molar-refractivity contribution in [2.45, 2.75) is 52.1 Å². The number of rotatable bonds is 3. The van der Waals surface area contributed by atoms with Gasteiger partial charge in [-0.05, 0) is 53.1 Å². The number of ether oxygens (including phenoxy) is 1. The van der Waals surface area contributed by atoms with Gasteiger partial charge in [-0.1, -0.05) is 30.7 Å². The summed E-state index contributed by atoms with van der Waals surface area (Å²) in [4.78, 5) is 15.1. The van der Waals surface area contributed by atoms with Crippen LogP contribution in [-0.2, 0) is 9.53 Å². The number of hydrogen-bond donors (Lipinski definition) is 0. The van der Waals surface area contributed by atoms with Crippen molar-refractivity contribution >= 4 is 5.97 Å². The van der Waals surface area contributed by atoms with Gasteiger partial charge in [0.15, 0.2) is 0 Å². The molecule has 0 radical (unpaired) electrons. The molecule has 0 aromatic carbocycles. The van der Waals surface area contributed by atoms with Crippen LogP contribution < -0.4 is 0 Å². The SMILES string of the molecule is CC(C)(C)OC(=O)C1(CN2CCCCC2)C=CC=CC1. The Morgan fingerprint density at radius 1 is 1.20 bits per heavy atom. The zero-order valence-electron chi connectivity index (χ0n) is 13.0. The molecule has 0 bridgehead atoms. The van der Waals surface area contributed by atoms with Crippen molar-refractivity contribution in [1.82, 2.24) is 4.90 Å². The highest BCUT2D eigenvalue weighted by Crippen LogP contribution is 2.33. The number of hydrogen-bond acceptors (Lipinski definition) is 3. The summed E-state index contributed by atoms with van der Waals surface area (Å²) in [6.45, 7) is 8.78. The van der Waals surface area contributed by atoms with E-state index >= 15 is 0 Å². The number of carbonyl (C=O) groups excluding carboxylic acids is 1. The minimum atomic E-state index is -0.501. The van der Waals surface area contributed by atoms with Crippen molar-refractivity contribution < 1.29 is 9.53 Å². The molecule has 1 atom stereocenters. The standard InChI is InChI=1S/C17H27NO2/c1-16(2,3)20-15(19)17(10-6-4-7-11-17)14-18-12-8-5-9-13-18/h4,6-7,10H,5,8-9,11-14H2,1-3H3. The summed E-state index contributed by atoms with van der Waals surface area (Å²) in [6, 6.07) is 0. The van der Waals surface area contributed by atoms with Crippen LogP contribution in [0.2, 0.25) is 0 Å². The molecule has 0 saturated carbocycles. The van der Waals surface area contributed by atoms with Crippen molar-refractivity contribution in [2.24, 2.45) is 5.41 Å². The second-order valence-corrected chi connectivity index (χ2v) is 6.99. The molecule has 2 rings (SSSR count). The highest BCUT2D eigenvalue weighted by molar-refractivity contribution is 5.80. The van der Waals surface area contributed by atoms with Gasteiger partial charge in [0.05, 0.1) is 0 Å². The van der Waals surface area contributed by atoms with E-state index in [2.05, 4.69) is 11.0 Å². The average molecular weight is 277 g/mol. The maximum absolute atomic E-state index is 12.7. The Kier molecular flexibility index (Phi) is 4.69. The van der Waals surface area contributed by atoms with E-state index in [0.717, 1.165) is 26.1 Å². The van der Waals surface area contributed by atoms with Gasteiger partial charge in [0, 0.05) is 6.54 Å². The average Bonchev–Trinajstić information content (AvgIpc) is 2.39. The first kappa shape index (κ1) is 15.3. The summed E-state index contributed by atoms with van der Waals surface area (Å²) in [5, 5.41) is 0. The van der Waals surface area contributed by atoms with Crippen LogP contribution in [0.15, 0.2) is 24.3 Å². The highest BCUT2D eigenvalue weighted by atomic mass is 16.6. The molecular formula is C17H27NO2. The smallest absolute Gasteiger partial charge is 0.318 e. The minimum Gasteiger partial charge on any atom is -0.459 e. The molecule has 0 spiro atoms. The van der Waals surface area contributed by atoms with E-state index in [1.807, 2.05) is 39.0 Å². The molecule has 3 heteroatoms. The molecule has 1 aliphatic heterocycles. The molecule has 2 aliphatic rings. The van der Waals surface area contributed by atoms with Gasteiger partial charge in [-0.2, -0.15) is 0 Å². The quantitative estimate of drug-likeness (QED) is 0.741. The number of allylic oxidation sites excluding steroid dienone is 3. The van der Waals surface area contributed by atoms with Crippen LogP contribution in [0.4, 0.5) is 0 Å². The van der Waals surface area contributed by atoms with E-state index in [4.69, 9.17) is 4.74 Å². The number of likely N-dealkylation sites (tertiary alicyclic amines) is 1. The third kappa shape index (κ3) is 3.95. The molecule has 1 aliphatic carbocycles. The number of nitrogens with zero attached hydrogens (tertiary/aromatic N) is 1. The molecule has 3 nitrogen and oxygen atoms in total. The van der Waals surface area contributed by atoms with E-state index in [0.29, 0.717) is 0 Å². The zero-order chi connectivity index (χ0) is 14.6. The van der Waals surface area contributed by atoms with E-state index < -0.39 is 11.0 Å². The normalized spacial score (nSPS) is 27.6. The Bertz CT molecular complexity index is 400. The molecule has 0 aromatic rings. The second-order valence-electron chi connectivity index (χ2n) is 6.99. The van der Waals surface area contributed by atoms with Crippen LogP contribution in [0.5, 0.6) is 0 Å². The topological polar surface area (TPSA) is 29.5 Å². The van der Waals surface area contributed by atoms with Crippen LogP contribution in [0, 0.1) is 5.41 Å². The van der Waals surface area contributed by atoms with Gasteiger partial charge in [-0.15, -0.1) is 0 Å². The van der Waals surface area contributed by atoms with Gasteiger partial charge in [0.1, 0.15) is 11.0 Å². The number of esters is 1. The first-order valence-electron chi connectivity index (χ1n) is 7.72. The molecule has 112 valence electrons. The fraction of sp³-hybridized carbons (Fsp3) is 0.706. The molecule has 0 aromatic heterocycles. The Labute approximate surface area is 122 Å². The van der Waals surface area contributed by atoms with Crippen molar-refractivity contribution in [2.75, 3.05) is 19.6 Å². The maximum atomic E-state index is 12.7. The first-order valence-corrected chi connectivity index (χ1v) is 7.72. The summed E-state index contributed by atoms with van der Waals surface area (Å²) in [5.74, 6) is -0.0869. The molecule has 1 fully saturated rings. The van der Waals surface area contributed by atoms with Gasteiger partial charge < -0.3 is 9.64 Å². The van der Waals surface area contributed by atoms with Gasteiger partial charge in [0.2, 0.25) is 0 Å². The number of piperidine rings is 1. The molecular weight excluding hydrogens is 250 g/mol. The lowest BCUT2D eigenvalue weighted by atomic mass is 9.80. The number of carbonyl (C=O) groups is 1. The third-order valence-corrected chi connectivity index (χ3v) is 3.90. The summed E-state index contributed by atoms with van der Waals surface area (Å²) >= 11 is 0. The van der Waals surface area contributed by atoms with Crippen LogP contribution >= 0.6 is 0 Å². The zero-order valence-corrected chi connectivity index (χ0v) is 13.0. The van der Waals surface area contributed by atoms with Crippen molar-refractivity contribution in [1.29, 1.82) is 0 Å². The van der Waals surface area contributed by atoms with Crippen molar-refractivity contribution in [3.8, 4) is 0 Å². The largest absolute Gasteiger partial charge is 0.459 e. The Balaban J connectivity index is 2.11. The Morgan fingerprint density at radius 2 is 1.90 bits per heavy atom. The Hall–Kier alpha value is -1.09. The molecule has 1 unspecified atom stereocenters. The van der Waals surface area contributed by atoms with Crippen LogP contribution in [-0.4, -0.2) is 36.1 Å². The third-order valence-electron chi connectivity index (χ3n) is 3.90. The van der Waals surface area contributed by atoms with Gasteiger partial charge in [-0.25, -0.2) is 0 Å². The molecule has 0 N–H and O–H groups in total. The lowest BCUT2D eigenvalue weighted by molar-refractivity contribution is -0.165. The van der Waals surface area contributed by atoms with Crippen molar-refractivity contribution in [3.63, 3.8) is 0 Å². The van der Waals surface area contributed by atoms with E-state index in [9.17, 15) is 4.79 Å². The van der Waals surface area contributed by atoms with Gasteiger partial charge in [0.25, 0.3) is 0 Å². The van der Waals surface area contributed by atoms with E-state index in [-0.39, 0.29) is 5.97 Å². The van der Waals surface area contributed by atoms with Gasteiger partial charge in [-0.3, -0.25) is 4.79 Å². The van der Waals surface area contributed by atoms with E-state index in [1.165, 1.54) is 19.3 Å². The monoisotopic (exact) mass is 277 g/mol. The predicted molar refractivity (Wildman–Crippen MR) is 81.5 cm³/mol. The second kappa shape index (κ2) is 6.13. The van der Waals surface area contributed by atoms with Crippen LogP contribution in [0.1, 0.15) is 46.5 Å². The van der Waals surface area contributed by atoms with E-state index in [1.54, 1.807) is 0 Å². The molecule has 0 amide bonds. The fourth-order valence-electron chi connectivity index (χ4n) is 2.89. The lowest BCUT2D eigenvalue weighted by Crippen LogP contribution is -2.46. The van der Waals surface area contributed by atoms with Gasteiger partial charge >= 0.3 is 5.97 Å². The summed E-state index contributed by atoms with van der Waals surface area (Å²) < 4.78 is 5.67. The highest BCUT2D eigenvalue weighted by Gasteiger charge is 2.40. The van der Waals surface area contributed by atoms with Crippen LogP contribution in [0.3, 0.4) is 0 Å². The summed E-state index contributed by atoms with van der Waals surface area (Å²) in [6.07, 6.45) is 12.6. The summed E-state index contributed by atoms with van der Waals surface area (Å²) in [7, 11) is 0. The Morgan fingerprint density at radius 3 is 2.45 bits per heavy atom. The molecule has 1 heterocycles. The maximum Gasteiger partial charge on any atom is 0.318 e. The predicted octanol–water partition coefficient (Wildman–Crippen LogP) is 3.32. The lowest BCUT2D eigenvalue weighted by Gasteiger charge is -2.38. The minimum absolute atomic E-state index is 0.0869. The van der Waals surface area contributed by atoms with Crippen LogP contribution in [0.25, 0.3) is 0 Å². The first-order chi connectivity index (χ1) is 9.41. The van der Waals surface area contributed by atoms with Crippen molar-refractivity contribution in [3.05, 3.63) is 24.3 Å². The molecule has 1 saturated heterocycles. The fourth-order valence-corrected chi connectivity index (χ4v) is 2.89. The summed E-state index contributed by atoms with van der Waals surface area (Å²) in [5.41, 5.74) is -0.930.